The number of likely N-dealkylation sites (tertiary alicyclic amines) is 1. The van der Waals surface area contributed by atoms with Crippen LogP contribution in [0.4, 0.5) is 19.7 Å². The molecule has 4 amide bonds. The molecule has 2 heterocycles. The van der Waals surface area contributed by atoms with Crippen LogP contribution in [0.2, 0.25) is 5.02 Å². The SMILES string of the molecule is N#CCOc1ccc2c(c1)c(NC(=O)N1C(C(=O)NCc3cccc(Cl)c3F)CC3CC31)cn2C(N)=O. The number of carbonyl (C=O) groups excluding carboxylic acids is 3. The van der Waals surface area contributed by atoms with Crippen LogP contribution in [0, 0.1) is 23.1 Å². The zero-order valence-electron chi connectivity index (χ0n) is 19.4. The van der Waals surface area contributed by atoms with Crippen LogP contribution in [0.1, 0.15) is 18.4 Å². The standard InChI is InChI=1S/C25H22ClFN6O4/c26-17-3-1-2-13(22(17)27)11-30-23(34)21-9-14-8-20(14)33(21)25(36)31-18-12-32(24(29)35)19-5-4-15(10-16(18)19)37-7-6-28/h1-5,10,12,14,20-21H,7-9,11H2,(H2,29,35)(H,30,34)(H,31,36). The van der Waals surface area contributed by atoms with Gasteiger partial charge >= 0.3 is 12.1 Å². The molecule has 2 aromatic carbocycles. The van der Waals surface area contributed by atoms with Crippen molar-refractivity contribution in [3.63, 3.8) is 0 Å². The van der Waals surface area contributed by atoms with Crippen LogP contribution in [-0.4, -0.2) is 46.1 Å². The molecule has 1 aliphatic carbocycles. The van der Waals surface area contributed by atoms with Crippen molar-refractivity contribution in [2.45, 2.75) is 31.5 Å². The third-order valence-electron chi connectivity index (χ3n) is 6.68. The summed E-state index contributed by atoms with van der Waals surface area (Å²) in [5.41, 5.74) is 6.48. The number of carbonyl (C=O) groups is 3. The van der Waals surface area contributed by atoms with Crippen LogP contribution in [0.3, 0.4) is 0 Å². The van der Waals surface area contributed by atoms with Crippen molar-refractivity contribution in [3.8, 4) is 11.8 Å². The van der Waals surface area contributed by atoms with Crippen molar-refractivity contribution in [1.82, 2.24) is 14.8 Å². The largest absolute Gasteiger partial charge is 0.479 e. The van der Waals surface area contributed by atoms with Gasteiger partial charge < -0.3 is 26.0 Å². The van der Waals surface area contributed by atoms with E-state index in [1.54, 1.807) is 24.3 Å². The van der Waals surface area contributed by atoms with Crippen LogP contribution in [0.5, 0.6) is 5.75 Å². The molecule has 190 valence electrons. The van der Waals surface area contributed by atoms with Crippen molar-refractivity contribution in [1.29, 1.82) is 5.26 Å². The maximum Gasteiger partial charge on any atom is 0.323 e. The monoisotopic (exact) mass is 524 g/mol. The first-order valence-electron chi connectivity index (χ1n) is 11.5. The Morgan fingerprint density at radius 2 is 2.05 bits per heavy atom. The molecule has 10 nitrogen and oxygen atoms in total. The van der Waals surface area contributed by atoms with Gasteiger partial charge in [0, 0.05) is 29.7 Å². The number of hydrogen-bond donors (Lipinski definition) is 3. The smallest absolute Gasteiger partial charge is 0.323 e. The number of fused-ring (bicyclic) bond motifs is 2. The fraction of sp³-hybridized carbons (Fsp3) is 0.280. The van der Waals surface area contributed by atoms with Crippen LogP contribution >= 0.6 is 11.6 Å². The van der Waals surface area contributed by atoms with Gasteiger partial charge in [-0.2, -0.15) is 5.26 Å². The molecule has 1 saturated heterocycles. The first kappa shape index (κ1) is 24.4. The summed E-state index contributed by atoms with van der Waals surface area (Å²) in [4.78, 5) is 39.8. The number of amides is 4. The van der Waals surface area contributed by atoms with Gasteiger partial charge in [-0.15, -0.1) is 0 Å². The third kappa shape index (κ3) is 4.63. The van der Waals surface area contributed by atoms with E-state index in [0.717, 1.165) is 6.42 Å². The molecule has 0 spiro atoms. The molecule has 1 aromatic heterocycles. The van der Waals surface area contributed by atoms with Crippen molar-refractivity contribution >= 4 is 46.2 Å². The molecule has 0 radical (unpaired) electrons. The van der Waals surface area contributed by atoms with E-state index in [9.17, 15) is 18.8 Å². The topological polar surface area (TPSA) is 142 Å². The van der Waals surface area contributed by atoms with Crippen molar-refractivity contribution in [2.24, 2.45) is 11.7 Å². The molecule has 3 aromatic rings. The number of benzene rings is 2. The van der Waals surface area contributed by atoms with E-state index in [4.69, 9.17) is 27.3 Å². The lowest BCUT2D eigenvalue weighted by Crippen LogP contribution is -2.49. The van der Waals surface area contributed by atoms with Gasteiger partial charge in [-0.3, -0.25) is 9.36 Å². The van der Waals surface area contributed by atoms with Crippen LogP contribution in [0.25, 0.3) is 10.9 Å². The minimum atomic E-state index is -0.745. The fourth-order valence-electron chi connectivity index (χ4n) is 4.84. The molecule has 2 aliphatic rings. The van der Waals surface area contributed by atoms with E-state index in [2.05, 4.69) is 10.6 Å². The summed E-state index contributed by atoms with van der Waals surface area (Å²) in [7, 11) is 0. The van der Waals surface area contributed by atoms with Gasteiger partial charge in [0.2, 0.25) is 5.91 Å². The number of piperidine rings is 1. The van der Waals surface area contributed by atoms with Gasteiger partial charge in [0.1, 0.15) is 23.7 Å². The Kier molecular flexibility index (Phi) is 6.35. The van der Waals surface area contributed by atoms with Gasteiger partial charge in [0.15, 0.2) is 6.61 Å². The number of halogens is 2. The molecule has 2 fully saturated rings. The quantitative estimate of drug-likeness (QED) is 0.452. The van der Waals surface area contributed by atoms with E-state index in [0.29, 0.717) is 28.8 Å². The normalized spacial score (nSPS) is 19.7. The number of aromatic nitrogens is 1. The van der Waals surface area contributed by atoms with Crippen molar-refractivity contribution < 1.29 is 23.5 Å². The summed E-state index contributed by atoms with van der Waals surface area (Å²) in [6.07, 6.45) is 2.68. The lowest BCUT2D eigenvalue weighted by atomic mass is 10.1. The number of nitriles is 1. The number of primary amides is 1. The predicted molar refractivity (Wildman–Crippen MR) is 132 cm³/mol. The predicted octanol–water partition coefficient (Wildman–Crippen LogP) is 3.57. The summed E-state index contributed by atoms with van der Waals surface area (Å²) in [6.45, 7) is -0.236. The van der Waals surface area contributed by atoms with Crippen LogP contribution in [-0.2, 0) is 11.3 Å². The molecule has 1 aliphatic heterocycles. The molecule has 3 atom stereocenters. The number of hydrogen-bond acceptors (Lipinski definition) is 5. The number of nitrogens with zero attached hydrogens (tertiary/aromatic N) is 3. The Bertz CT molecular complexity index is 1470. The van der Waals surface area contributed by atoms with Crippen molar-refractivity contribution in [3.05, 3.63) is 59.0 Å². The van der Waals surface area contributed by atoms with Gasteiger partial charge in [0.25, 0.3) is 0 Å². The van der Waals surface area contributed by atoms with Crippen LogP contribution in [0.15, 0.2) is 42.6 Å². The molecule has 37 heavy (non-hydrogen) atoms. The molecule has 1 saturated carbocycles. The fourth-order valence-corrected chi connectivity index (χ4v) is 5.04. The Balaban J connectivity index is 1.35. The van der Waals surface area contributed by atoms with E-state index in [1.165, 1.54) is 27.8 Å². The maximum atomic E-state index is 14.2. The number of nitrogens with one attached hydrogen (secondary N) is 2. The van der Waals surface area contributed by atoms with Gasteiger partial charge in [0.05, 0.1) is 16.2 Å². The summed E-state index contributed by atoms with van der Waals surface area (Å²) >= 11 is 5.82. The zero-order chi connectivity index (χ0) is 26.3. The van der Waals surface area contributed by atoms with E-state index < -0.39 is 29.8 Å². The highest BCUT2D eigenvalue weighted by molar-refractivity contribution is 6.30. The second-order valence-electron chi connectivity index (χ2n) is 8.96. The Morgan fingerprint density at radius 1 is 1.24 bits per heavy atom. The minimum Gasteiger partial charge on any atom is -0.479 e. The summed E-state index contributed by atoms with van der Waals surface area (Å²) in [6, 6.07) is 9.13. The highest BCUT2D eigenvalue weighted by Crippen LogP contribution is 2.48. The summed E-state index contributed by atoms with van der Waals surface area (Å²) in [5.74, 6) is -0.408. The van der Waals surface area contributed by atoms with Crippen LogP contribution < -0.4 is 21.1 Å². The maximum absolute atomic E-state index is 14.2. The number of anilines is 1. The summed E-state index contributed by atoms with van der Waals surface area (Å²) in [5, 5.41) is 14.7. The second-order valence-corrected chi connectivity index (χ2v) is 9.37. The molecular formula is C25H22ClFN6O4. The molecule has 3 unspecified atom stereocenters. The van der Waals surface area contributed by atoms with Gasteiger partial charge in [-0.25, -0.2) is 14.0 Å². The number of urea groups is 1. The Labute approximate surface area is 215 Å². The first-order valence-corrected chi connectivity index (χ1v) is 11.9. The first-order chi connectivity index (χ1) is 17.8. The third-order valence-corrected chi connectivity index (χ3v) is 6.98. The number of ether oxygens (including phenoxy) is 1. The average molecular weight is 525 g/mol. The molecule has 5 rings (SSSR count). The number of rotatable bonds is 6. The molecule has 12 heteroatoms. The molecule has 0 bridgehead atoms. The van der Waals surface area contributed by atoms with Crippen molar-refractivity contribution in [2.75, 3.05) is 11.9 Å². The number of nitrogens with two attached hydrogens (primary N) is 1. The molecule has 4 N–H and O–H groups in total. The Hall–Kier alpha value is -4.30. The highest BCUT2D eigenvalue weighted by Gasteiger charge is 2.56. The lowest BCUT2D eigenvalue weighted by molar-refractivity contribution is -0.125. The molecular weight excluding hydrogens is 503 g/mol. The van der Waals surface area contributed by atoms with E-state index in [-0.39, 0.29) is 35.7 Å². The minimum absolute atomic E-state index is 0.0360. The summed E-state index contributed by atoms with van der Waals surface area (Å²) < 4.78 is 20.7. The van der Waals surface area contributed by atoms with E-state index >= 15 is 0 Å². The second kappa shape index (κ2) is 9.63. The average Bonchev–Trinajstić information content (AvgIpc) is 3.39. The van der Waals surface area contributed by atoms with Gasteiger partial charge in [-0.1, -0.05) is 23.7 Å². The zero-order valence-corrected chi connectivity index (χ0v) is 20.2. The van der Waals surface area contributed by atoms with Gasteiger partial charge in [-0.05, 0) is 43.0 Å². The van der Waals surface area contributed by atoms with E-state index in [1.807, 2.05) is 6.07 Å². The highest BCUT2D eigenvalue weighted by atomic mass is 35.5. The Morgan fingerprint density at radius 3 is 2.81 bits per heavy atom. The lowest BCUT2D eigenvalue weighted by Gasteiger charge is -2.27.